The van der Waals surface area contributed by atoms with Gasteiger partial charge in [0.15, 0.2) is 0 Å². The zero-order chi connectivity index (χ0) is 11.1. The van der Waals surface area contributed by atoms with Crippen LogP contribution in [0.25, 0.3) is 0 Å². The lowest BCUT2D eigenvalue weighted by Crippen LogP contribution is -2.61. The van der Waals surface area contributed by atoms with Crippen LogP contribution in [0.1, 0.15) is 19.3 Å². The predicted molar refractivity (Wildman–Crippen MR) is 59.8 cm³/mol. The van der Waals surface area contributed by atoms with Gasteiger partial charge in [-0.1, -0.05) is 0 Å². The first kappa shape index (κ1) is 10.5. The highest BCUT2D eigenvalue weighted by Crippen LogP contribution is 2.40. The maximum Gasteiger partial charge on any atom is 0.226 e. The molecule has 1 aliphatic carbocycles. The van der Waals surface area contributed by atoms with Crippen molar-refractivity contribution in [2.75, 3.05) is 26.2 Å². The first-order valence-electron chi connectivity index (χ1n) is 6.43. The molecule has 4 fully saturated rings. The van der Waals surface area contributed by atoms with Crippen molar-refractivity contribution in [3.05, 3.63) is 0 Å². The van der Waals surface area contributed by atoms with Crippen molar-refractivity contribution in [3.8, 4) is 0 Å². The molecule has 2 N–H and O–H groups in total. The summed E-state index contributed by atoms with van der Waals surface area (Å²) in [5.74, 6) is 1.22. The van der Waals surface area contributed by atoms with E-state index in [0.717, 1.165) is 45.4 Å². The molecule has 3 aliphatic heterocycles. The maximum absolute atomic E-state index is 12.2. The van der Waals surface area contributed by atoms with Crippen molar-refractivity contribution in [1.82, 2.24) is 10.2 Å². The highest BCUT2D eigenvalue weighted by molar-refractivity contribution is 5.79. The fraction of sp³-hybridized carbons (Fsp3) is 0.917. The van der Waals surface area contributed by atoms with Crippen LogP contribution in [0.4, 0.5) is 0 Å². The van der Waals surface area contributed by atoms with Crippen LogP contribution in [0.3, 0.4) is 0 Å². The Balaban J connectivity index is 1.59. The lowest BCUT2D eigenvalue weighted by Gasteiger charge is -2.51. The molecular formula is C12H20N2O2. The van der Waals surface area contributed by atoms with E-state index in [1.807, 2.05) is 4.90 Å². The number of hydrogen-bond acceptors (Lipinski definition) is 3. The third-order valence-electron chi connectivity index (χ3n) is 4.44. The Morgan fingerprint density at radius 3 is 2.62 bits per heavy atom. The van der Waals surface area contributed by atoms with Gasteiger partial charge in [-0.25, -0.2) is 0 Å². The van der Waals surface area contributed by atoms with Gasteiger partial charge in [0.1, 0.15) is 0 Å². The van der Waals surface area contributed by atoms with Crippen LogP contribution >= 0.6 is 0 Å². The summed E-state index contributed by atoms with van der Waals surface area (Å²) in [6.45, 7) is 3.46. The molecule has 4 rings (SSSR count). The number of piperidine rings is 3. The number of rotatable bonds is 1. The fourth-order valence-corrected chi connectivity index (χ4v) is 3.36. The standard InChI is InChI=1S/C12H20N2O2/c15-11-9-4-10(11)7-14(6-9)12(16)8-2-1-3-13-5-8/h8-11,13,15H,1-7H2. The molecule has 16 heavy (non-hydrogen) atoms. The summed E-state index contributed by atoms with van der Waals surface area (Å²) in [5.41, 5.74) is 0. The summed E-state index contributed by atoms with van der Waals surface area (Å²) in [4.78, 5) is 14.2. The number of aliphatic hydroxyl groups excluding tert-OH is 1. The Kier molecular flexibility index (Phi) is 2.64. The topological polar surface area (TPSA) is 52.6 Å². The largest absolute Gasteiger partial charge is 0.392 e. The lowest BCUT2D eigenvalue weighted by molar-refractivity contribution is -0.154. The maximum atomic E-state index is 12.2. The molecule has 4 aliphatic rings. The van der Waals surface area contributed by atoms with Crippen molar-refractivity contribution >= 4 is 5.91 Å². The molecule has 2 bridgehead atoms. The van der Waals surface area contributed by atoms with Crippen molar-refractivity contribution < 1.29 is 9.90 Å². The Labute approximate surface area is 96.0 Å². The second-order valence-electron chi connectivity index (χ2n) is 5.53. The molecule has 3 unspecified atom stereocenters. The molecule has 1 saturated carbocycles. The molecule has 3 atom stereocenters. The van der Waals surface area contributed by atoms with Gasteiger partial charge in [0.25, 0.3) is 0 Å². The van der Waals surface area contributed by atoms with Crippen molar-refractivity contribution in [2.45, 2.75) is 25.4 Å². The summed E-state index contributed by atoms with van der Waals surface area (Å²) in [6, 6.07) is 0. The quantitative estimate of drug-likeness (QED) is 0.650. The number of nitrogens with zero attached hydrogens (tertiary/aromatic N) is 1. The van der Waals surface area contributed by atoms with E-state index < -0.39 is 0 Å². The molecule has 0 aromatic rings. The number of amides is 1. The first-order chi connectivity index (χ1) is 7.75. The molecule has 0 spiro atoms. The van der Waals surface area contributed by atoms with Gasteiger partial charge in [-0.2, -0.15) is 0 Å². The minimum atomic E-state index is -0.131. The normalized spacial score (nSPS) is 42.7. The average molecular weight is 224 g/mol. The number of fused-ring (bicyclic) bond motifs is 2. The van der Waals surface area contributed by atoms with Gasteiger partial charge in [0.05, 0.1) is 12.0 Å². The Bertz CT molecular complexity index is 277. The van der Waals surface area contributed by atoms with Gasteiger partial charge in [-0.15, -0.1) is 0 Å². The highest BCUT2D eigenvalue weighted by Gasteiger charge is 2.47. The Hall–Kier alpha value is -0.610. The van der Waals surface area contributed by atoms with Crippen molar-refractivity contribution in [2.24, 2.45) is 17.8 Å². The number of carbonyl (C=O) groups is 1. The highest BCUT2D eigenvalue weighted by atomic mass is 16.3. The number of hydrogen-bond donors (Lipinski definition) is 2. The molecular weight excluding hydrogens is 204 g/mol. The monoisotopic (exact) mass is 224 g/mol. The van der Waals surface area contributed by atoms with Gasteiger partial charge in [-0.05, 0) is 25.8 Å². The van der Waals surface area contributed by atoms with Gasteiger partial charge in [0.2, 0.25) is 5.91 Å². The number of nitrogens with one attached hydrogen (secondary N) is 1. The van der Waals surface area contributed by atoms with Gasteiger partial charge >= 0.3 is 0 Å². The lowest BCUT2D eigenvalue weighted by atomic mass is 9.68. The van der Waals surface area contributed by atoms with Crippen LogP contribution in [0, 0.1) is 17.8 Å². The number of aliphatic hydroxyl groups is 1. The molecule has 0 aromatic carbocycles. The van der Waals surface area contributed by atoms with E-state index in [1.165, 1.54) is 0 Å². The second kappa shape index (κ2) is 4.00. The molecule has 3 saturated heterocycles. The first-order valence-corrected chi connectivity index (χ1v) is 6.43. The molecule has 0 radical (unpaired) electrons. The van der Waals surface area contributed by atoms with E-state index in [4.69, 9.17) is 0 Å². The molecule has 3 heterocycles. The summed E-state index contributed by atoms with van der Waals surface area (Å²) < 4.78 is 0. The fourth-order valence-electron chi connectivity index (χ4n) is 3.36. The second-order valence-corrected chi connectivity index (χ2v) is 5.53. The smallest absolute Gasteiger partial charge is 0.226 e. The molecule has 1 amide bonds. The molecule has 0 aromatic heterocycles. The summed E-state index contributed by atoms with van der Waals surface area (Å²) in [6.07, 6.45) is 3.13. The van der Waals surface area contributed by atoms with Crippen LogP contribution in [-0.4, -0.2) is 48.2 Å². The van der Waals surface area contributed by atoms with E-state index in [2.05, 4.69) is 5.32 Å². The van der Waals surface area contributed by atoms with Crippen LogP contribution in [0.15, 0.2) is 0 Å². The van der Waals surface area contributed by atoms with Crippen LogP contribution in [0.5, 0.6) is 0 Å². The van der Waals surface area contributed by atoms with Crippen molar-refractivity contribution in [1.29, 1.82) is 0 Å². The van der Waals surface area contributed by atoms with Gasteiger partial charge in [-0.3, -0.25) is 4.79 Å². The molecule has 90 valence electrons. The summed E-state index contributed by atoms with van der Waals surface area (Å²) >= 11 is 0. The average Bonchev–Trinajstić information content (AvgIpc) is 2.38. The van der Waals surface area contributed by atoms with E-state index in [0.29, 0.717) is 17.7 Å². The molecule has 4 nitrogen and oxygen atoms in total. The van der Waals surface area contributed by atoms with Crippen LogP contribution < -0.4 is 5.32 Å². The Morgan fingerprint density at radius 1 is 1.31 bits per heavy atom. The van der Waals surface area contributed by atoms with E-state index in [1.54, 1.807) is 0 Å². The minimum Gasteiger partial charge on any atom is -0.392 e. The van der Waals surface area contributed by atoms with Crippen molar-refractivity contribution in [3.63, 3.8) is 0 Å². The third kappa shape index (κ3) is 1.64. The zero-order valence-corrected chi connectivity index (χ0v) is 9.56. The predicted octanol–water partition coefficient (Wildman–Crippen LogP) is -0.175. The minimum absolute atomic E-state index is 0.131. The zero-order valence-electron chi connectivity index (χ0n) is 9.56. The van der Waals surface area contributed by atoms with E-state index >= 15 is 0 Å². The SMILES string of the molecule is O=C(C1CCCNC1)N1CC2CC(C1)C2O. The van der Waals surface area contributed by atoms with Crippen LogP contribution in [-0.2, 0) is 4.79 Å². The Morgan fingerprint density at radius 2 is 2.06 bits per heavy atom. The number of carbonyl (C=O) groups excluding carboxylic acids is 1. The third-order valence-corrected chi connectivity index (χ3v) is 4.44. The van der Waals surface area contributed by atoms with E-state index in [9.17, 15) is 9.90 Å². The van der Waals surface area contributed by atoms with E-state index in [-0.39, 0.29) is 12.0 Å². The molecule has 4 heteroatoms. The van der Waals surface area contributed by atoms with Crippen LogP contribution in [0.2, 0.25) is 0 Å². The summed E-state index contributed by atoms with van der Waals surface area (Å²) in [5, 5.41) is 13.0. The summed E-state index contributed by atoms with van der Waals surface area (Å²) in [7, 11) is 0. The van der Waals surface area contributed by atoms with Gasteiger partial charge in [0, 0.05) is 31.5 Å². The van der Waals surface area contributed by atoms with Gasteiger partial charge < -0.3 is 15.3 Å².